The zero-order valence-corrected chi connectivity index (χ0v) is 8.20. The molecule has 0 bridgehead atoms. The number of carbonyl (C=O) groups is 1. The van der Waals surface area contributed by atoms with E-state index < -0.39 is 0 Å². The summed E-state index contributed by atoms with van der Waals surface area (Å²) < 4.78 is 5.31. The maximum absolute atomic E-state index is 10.4. The Balaban J connectivity index is 2.98. The largest absolute Gasteiger partial charge is 0.374 e. The van der Waals surface area contributed by atoms with E-state index in [0.29, 0.717) is 5.56 Å². The Kier molecular flexibility index (Phi) is 2.83. The lowest BCUT2D eigenvalue weighted by Gasteiger charge is -2.23. The molecule has 13 heavy (non-hydrogen) atoms. The molecule has 0 N–H and O–H groups in total. The van der Waals surface area contributed by atoms with Crippen molar-refractivity contribution in [2.75, 3.05) is 7.11 Å². The van der Waals surface area contributed by atoms with Gasteiger partial charge in [-0.25, -0.2) is 0 Å². The van der Waals surface area contributed by atoms with Crippen molar-refractivity contribution >= 4 is 6.29 Å². The van der Waals surface area contributed by atoms with Gasteiger partial charge in [0.15, 0.2) is 0 Å². The molecule has 0 saturated heterocycles. The van der Waals surface area contributed by atoms with Crippen LogP contribution in [-0.2, 0) is 10.3 Å². The second kappa shape index (κ2) is 3.71. The lowest BCUT2D eigenvalue weighted by Crippen LogP contribution is -2.19. The molecule has 0 aliphatic heterocycles. The summed E-state index contributed by atoms with van der Waals surface area (Å²) >= 11 is 0. The van der Waals surface area contributed by atoms with Crippen molar-refractivity contribution in [1.82, 2.24) is 0 Å². The molecule has 0 aliphatic rings. The fourth-order valence-electron chi connectivity index (χ4n) is 1.08. The highest BCUT2D eigenvalue weighted by atomic mass is 16.5. The van der Waals surface area contributed by atoms with Gasteiger partial charge >= 0.3 is 0 Å². The fraction of sp³-hybridized carbons (Fsp3) is 0.364. The van der Waals surface area contributed by atoms with Crippen LogP contribution in [0.3, 0.4) is 0 Å². The van der Waals surface area contributed by atoms with Crippen molar-refractivity contribution in [3.63, 3.8) is 0 Å². The molecular formula is C11H14O2. The number of ether oxygens (including phenoxy) is 1. The van der Waals surface area contributed by atoms with E-state index in [1.54, 1.807) is 19.2 Å². The van der Waals surface area contributed by atoms with Crippen molar-refractivity contribution in [3.05, 3.63) is 35.4 Å². The highest BCUT2D eigenvalue weighted by Crippen LogP contribution is 2.23. The van der Waals surface area contributed by atoms with Crippen molar-refractivity contribution in [1.29, 1.82) is 0 Å². The standard InChI is InChI=1S/C11H14O2/c1-11(2,13-3)10-6-4-9(8-12)5-7-10/h4-8H,1-3H3. The van der Waals surface area contributed by atoms with E-state index in [2.05, 4.69) is 0 Å². The van der Waals surface area contributed by atoms with Crippen molar-refractivity contribution in [2.24, 2.45) is 0 Å². The highest BCUT2D eigenvalue weighted by Gasteiger charge is 2.18. The Morgan fingerprint density at radius 3 is 2.15 bits per heavy atom. The number of hydrogen-bond acceptors (Lipinski definition) is 2. The molecule has 2 heteroatoms. The maximum atomic E-state index is 10.4. The molecule has 70 valence electrons. The summed E-state index contributed by atoms with van der Waals surface area (Å²) in [7, 11) is 1.67. The van der Waals surface area contributed by atoms with Gasteiger partial charge in [0.2, 0.25) is 0 Å². The minimum absolute atomic E-state index is 0.290. The Hall–Kier alpha value is -1.15. The van der Waals surface area contributed by atoms with Gasteiger partial charge < -0.3 is 4.74 Å². The van der Waals surface area contributed by atoms with E-state index in [0.717, 1.165) is 11.8 Å². The first-order chi connectivity index (χ1) is 6.10. The van der Waals surface area contributed by atoms with Crippen LogP contribution in [0.25, 0.3) is 0 Å². The molecule has 2 nitrogen and oxygen atoms in total. The van der Waals surface area contributed by atoms with Crippen LogP contribution in [0.1, 0.15) is 29.8 Å². The average molecular weight is 178 g/mol. The summed E-state index contributed by atoms with van der Waals surface area (Å²) in [5, 5.41) is 0. The summed E-state index contributed by atoms with van der Waals surface area (Å²) in [6, 6.07) is 7.41. The predicted octanol–water partition coefficient (Wildman–Crippen LogP) is 2.38. The molecule has 0 atom stereocenters. The van der Waals surface area contributed by atoms with Crippen molar-refractivity contribution in [2.45, 2.75) is 19.4 Å². The summed E-state index contributed by atoms with van der Waals surface area (Å²) in [5.41, 5.74) is 1.47. The van der Waals surface area contributed by atoms with Crippen molar-refractivity contribution in [3.8, 4) is 0 Å². The Morgan fingerprint density at radius 1 is 1.23 bits per heavy atom. The van der Waals surface area contributed by atoms with Crippen LogP contribution >= 0.6 is 0 Å². The van der Waals surface area contributed by atoms with Crippen LogP contribution in [0.15, 0.2) is 24.3 Å². The maximum Gasteiger partial charge on any atom is 0.150 e. The molecule has 0 radical (unpaired) electrons. The van der Waals surface area contributed by atoms with Gasteiger partial charge in [0.05, 0.1) is 5.60 Å². The van der Waals surface area contributed by atoms with E-state index >= 15 is 0 Å². The number of aldehydes is 1. The Bertz CT molecular complexity index is 285. The van der Waals surface area contributed by atoms with E-state index in [1.165, 1.54) is 0 Å². The van der Waals surface area contributed by atoms with E-state index in [1.807, 2.05) is 26.0 Å². The average Bonchev–Trinajstić information content (AvgIpc) is 2.18. The highest BCUT2D eigenvalue weighted by molar-refractivity contribution is 5.74. The van der Waals surface area contributed by atoms with Gasteiger partial charge in [-0.3, -0.25) is 4.79 Å². The Labute approximate surface area is 78.5 Å². The monoisotopic (exact) mass is 178 g/mol. The lowest BCUT2D eigenvalue weighted by molar-refractivity contribution is 0.0192. The molecule has 0 saturated carbocycles. The summed E-state index contributed by atoms with van der Waals surface area (Å²) in [5.74, 6) is 0. The summed E-state index contributed by atoms with van der Waals surface area (Å²) in [6.07, 6.45) is 0.837. The first kappa shape index (κ1) is 9.93. The van der Waals surface area contributed by atoms with Crippen LogP contribution in [0.5, 0.6) is 0 Å². The molecule has 1 rings (SSSR count). The Morgan fingerprint density at radius 2 is 1.77 bits per heavy atom. The third kappa shape index (κ3) is 2.16. The number of carbonyl (C=O) groups excluding carboxylic acids is 1. The number of benzene rings is 1. The van der Waals surface area contributed by atoms with Gasteiger partial charge in [0.25, 0.3) is 0 Å². The fourth-order valence-corrected chi connectivity index (χ4v) is 1.08. The zero-order valence-electron chi connectivity index (χ0n) is 8.20. The SMILES string of the molecule is COC(C)(C)c1ccc(C=O)cc1. The number of hydrogen-bond donors (Lipinski definition) is 0. The van der Waals surface area contributed by atoms with Gasteiger partial charge in [0, 0.05) is 12.7 Å². The third-order valence-corrected chi connectivity index (χ3v) is 2.25. The molecule has 0 unspecified atom stereocenters. The van der Waals surface area contributed by atoms with Crippen LogP contribution < -0.4 is 0 Å². The quantitative estimate of drug-likeness (QED) is 0.664. The van der Waals surface area contributed by atoms with E-state index in [-0.39, 0.29) is 5.60 Å². The van der Waals surface area contributed by atoms with Gasteiger partial charge in [-0.15, -0.1) is 0 Å². The molecule has 0 aromatic heterocycles. The molecule has 1 aromatic carbocycles. The lowest BCUT2D eigenvalue weighted by atomic mass is 9.97. The van der Waals surface area contributed by atoms with Gasteiger partial charge in [-0.1, -0.05) is 24.3 Å². The zero-order chi connectivity index (χ0) is 9.90. The number of methoxy groups -OCH3 is 1. The normalized spacial score (nSPS) is 11.3. The van der Waals surface area contributed by atoms with Crippen LogP contribution in [0.2, 0.25) is 0 Å². The second-order valence-electron chi connectivity index (χ2n) is 3.45. The van der Waals surface area contributed by atoms with Gasteiger partial charge in [-0.2, -0.15) is 0 Å². The van der Waals surface area contributed by atoms with Gasteiger partial charge in [0.1, 0.15) is 6.29 Å². The van der Waals surface area contributed by atoms with Crippen LogP contribution in [-0.4, -0.2) is 13.4 Å². The number of rotatable bonds is 3. The molecule has 0 heterocycles. The van der Waals surface area contributed by atoms with Crippen LogP contribution in [0, 0.1) is 0 Å². The van der Waals surface area contributed by atoms with Crippen LogP contribution in [0.4, 0.5) is 0 Å². The summed E-state index contributed by atoms with van der Waals surface area (Å²) in [6.45, 7) is 3.98. The topological polar surface area (TPSA) is 26.3 Å². The van der Waals surface area contributed by atoms with Crippen molar-refractivity contribution < 1.29 is 9.53 Å². The predicted molar refractivity (Wildman–Crippen MR) is 51.9 cm³/mol. The van der Waals surface area contributed by atoms with E-state index in [9.17, 15) is 4.79 Å². The van der Waals surface area contributed by atoms with E-state index in [4.69, 9.17) is 4.74 Å². The minimum Gasteiger partial charge on any atom is -0.374 e. The second-order valence-corrected chi connectivity index (χ2v) is 3.45. The molecular weight excluding hydrogens is 164 g/mol. The minimum atomic E-state index is -0.290. The molecule has 0 spiro atoms. The first-order valence-corrected chi connectivity index (χ1v) is 4.21. The third-order valence-electron chi connectivity index (χ3n) is 2.25. The smallest absolute Gasteiger partial charge is 0.150 e. The molecule has 0 fully saturated rings. The molecule has 1 aromatic rings. The molecule has 0 aliphatic carbocycles. The van der Waals surface area contributed by atoms with Gasteiger partial charge in [-0.05, 0) is 19.4 Å². The summed E-state index contributed by atoms with van der Waals surface area (Å²) in [4.78, 5) is 10.4. The molecule has 0 amide bonds. The first-order valence-electron chi connectivity index (χ1n) is 4.21.